The Bertz CT molecular complexity index is 868. The number of imidazole rings is 1. The minimum Gasteiger partial charge on any atom is -0.443 e. The highest BCUT2D eigenvalue weighted by Gasteiger charge is 2.32. The molecule has 0 saturated heterocycles. The lowest BCUT2D eigenvalue weighted by molar-refractivity contribution is -0.389. The van der Waals surface area contributed by atoms with Crippen molar-refractivity contribution >= 4 is 5.82 Å². The molecule has 3 rings (SSSR count). The summed E-state index contributed by atoms with van der Waals surface area (Å²) in [6.07, 6.45) is -2.57. The van der Waals surface area contributed by atoms with E-state index in [1.807, 2.05) is 0 Å². The summed E-state index contributed by atoms with van der Waals surface area (Å²) in [6, 6.07) is 2.23. The summed E-state index contributed by atoms with van der Waals surface area (Å²) >= 11 is 0. The first kappa shape index (κ1) is 17.7. The van der Waals surface area contributed by atoms with Crippen LogP contribution in [0.25, 0.3) is 0 Å². The standard InChI is InChI=1S/C15H11F3N4O4/c16-15(17,18)12-4-3-10(6-19-12)2-1-5-25-11-7-21-8-13(22(23)24)20-14(21)26-9-11/h3-4,6,8,11H,5,7,9H2/t11-/m0/s1. The van der Waals surface area contributed by atoms with Crippen molar-refractivity contribution in [2.75, 3.05) is 13.2 Å². The molecule has 1 aliphatic rings. The highest BCUT2D eigenvalue weighted by atomic mass is 19.4. The van der Waals surface area contributed by atoms with Crippen molar-refractivity contribution in [1.29, 1.82) is 0 Å². The first-order valence-electron chi connectivity index (χ1n) is 7.31. The summed E-state index contributed by atoms with van der Waals surface area (Å²) in [5.74, 6) is 5.01. The van der Waals surface area contributed by atoms with Crippen LogP contribution in [-0.2, 0) is 17.5 Å². The molecule has 1 aliphatic heterocycles. The summed E-state index contributed by atoms with van der Waals surface area (Å²) in [5, 5.41) is 10.7. The molecule has 136 valence electrons. The molecule has 0 amide bonds. The summed E-state index contributed by atoms with van der Waals surface area (Å²) < 4.78 is 49.5. The lowest BCUT2D eigenvalue weighted by Crippen LogP contribution is -2.32. The van der Waals surface area contributed by atoms with Crippen LogP contribution in [0, 0.1) is 22.0 Å². The molecular weight excluding hydrogens is 357 g/mol. The van der Waals surface area contributed by atoms with Gasteiger partial charge in [-0.1, -0.05) is 11.8 Å². The third kappa shape index (κ3) is 4.09. The molecule has 0 aliphatic carbocycles. The van der Waals surface area contributed by atoms with Gasteiger partial charge in [-0.25, -0.2) is 0 Å². The molecule has 8 nitrogen and oxygen atoms in total. The fourth-order valence-electron chi connectivity index (χ4n) is 2.19. The highest BCUT2D eigenvalue weighted by molar-refractivity contribution is 5.33. The molecular formula is C15H11F3N4O4. The van der Waals surface area contributed by atoms with Crippen LogP contribution in [0.4, 0.5) is 19.0 Å². The summed E-state index contributed by atoms with van der Waals surface area (Å²) in [4.78, 5) is 17.1. The maximum Gasteiger partial charge on any atom is 0.433 e. The molecule has 2 aromatic heterocycles. The predicted molar refractivity (Wildman–Crippen MR) is 80.2 cm³/mol. The van der Waals surface area contributed by atoms with Crippen molar-refractivity contribution in [3.63, 3.8) is 0 Å². The monoisotopic (exact) mass is 368 g/mol. The Morgan fingerprint density at radius 3 is 2.92 bits per heavy atom. The van der Waals surface area contributed by atoms with Gasteiger partial charge in [0, 0.05) is 16.7 Å². The Morgan fingerprint density at radius 1 is 1.46 bits per heavy atom. The second-order valence-electron chi connectivity index (χ2n) is 5.27. The van der Waals surface area contributed by atoms with Gasteiger partial charge in [0.2, 0.25) is 0 Å². The van der Waals surface area contributed by atoms with Crippen molar-refractivity contribution in [1.82, 2.24) is 14.5 Å². The summed E-state index contributed by atoms with van der Waals surface area (Å²) in [7, 11) is 0. The van der Waals surface area contributed by atoms with E-state index < -0.39 is 16.8 Å². The number of aromatic nitrogens is 3. The molecule has 11 heteroatoms. The van der Waals surface area contributed by atoms with Crippen LogP contribution < -0.4 is 4.74 Å². The molecule has 0 saturated carbocycles. The quantitative estimate of drug-likeness (QED) is 0.468. The average molecular weight is 368 g/mol. The minimum atomic E-state index is -4.49. The number of halogens is 3. The molecule has 0 bridgehead atoms. The fraction of sp³-hybridized carbons (Fsp3) is 0.333. The maximum absolute atomic E-state index is 12.4. The number of rotatable bonds is 3. The van der Waals surface area contributed by atoms with Crippen molar-refractivity contribution in [3.8, 4) is 17.9 Å². The predicted octanol–water partition coefficient (Wildman–Crippen LogP) is 2.03. The van der Waals surface area contributed by atoms with Crippen molar-refractivity contribution in [3.05, 3.63) is 45.9 Å². The molecule has 0 unspecified atom stereocenters. The van der Waals surface area contributed by atoms with E-state index in [1.54, 1.807) is 0 Å². The molecule has 0 aromatic carbocycles. The molecule has 0 N–H and O–H groups in total. The van der Waals surface area contributed by atoms with E-state index in [2.05, 4.69) is 21.8 Å². The zero-order valence-electron chi connectivity index (χ0n) is 13.1. The molecule has 2 aromatic rings. The average Bonchev–Trinajstić information content (AvgIpc) is 3.02. The number of fused-ring (bicyclic) bond motifs is 1. The molecule has 0 fully saturated rings. The maximum atomic E-state index is 12.4. The summed E-state index contributed by atoms with van der Waals surface area (Å²) in [6.45, 7) is 0.499. The van der Waals surface area contributed by atoms with Crippen LogP contribution in [0.15, 0.2) is 24.5 Å². The van der Waals surface area contributed by atoms with E-state index in [1.165, 1.54) is 16.8 Å². The van der Waals surface area contributed by atoms with Crippen LogP contribution in [0.2, 0.25) is 0 Å². The third-order valence-electron chi connectivity index (χ3n) is 3.39. The Hall–Kier alpha value is -3.13. The fourth-order valence-corrected chi connectivity index (χ4v) is 2.19. The van der Waals surface area contributed by atoms with Gasteiger partial charge in [0.1, 0.15) is 31.2 Å². The zero-order chi connectivity index (χ0) is 18.7. The van der Waals surface area contributed by atoms with Gasteiger partial charge in [-0.3, -0.25) is 9.55 Å². The van der Waals surface area contributed by atoms with Gasteiger partial charge in [0.15, 0.2) is 0 Å². The van der Waals surface area contributed by atoms with Gasteiger partial charge in [-0.15, -0.1) is 0 Å². The normalized spacial score (nSPS) is 16.2. The second-order valence-corrected chi connectivity index (χ2v) is 5.27. The largest absolute Gasteiger partial charge is 0.443 e. The lowest BCUT2D eigenvalue weighted by Gasteiger charge is -2.21. The van der Waals surface area contributed by atoms with Crippen molar-refractivity contribution in [2.45, 2.75) is 18.8 Å². The topological polar surface area (TPSA) is 92.3 Å². The van der Waals surface area contributed by atoms with E-state index in [9.17, 15) is 23.3 Å². The number of alkyl halides is 3. The number of hydrogen-bond acceptors (Lipinski definition) is 6. The number of nitro groups is 1. The number of pyridine rings is 1. The van der Waals surface area contributed by atoms with E-state index in [4.69, 9.17) is 9.47 Å². The van der Waals surface area contributed by atoms with Crippen LogP contribution in [0.3, 0.4) is 0 Å². The minimum absolute atomic E-state index is 0.0151. The van der Waals surface area contributed by atoms with Crippen LogP contribution in [0.1, 0.15) is 11.3 Å². The lowest BCUT2D eigenvalue weighted by atomic mass is 10.2. The van der Waals surface area contributed by atoms with Gasteiger partial charge >= 0.3 is 18.0 Å². The van der Waals surface area contributed by atoms with E-state index in [0.29, 0.717) is 12.1 Å². The Balaban J connectivity index is 1.53. The van der Waals surface area contributed by atoms with Crippen molar-refractivity contribution < 1.29 is 27.6 Å². The molecule has 0 spiro atoms. The molecule has 0 radical (unpaired) electrons. The second kappa shape index (κ2) is 7.01. The molecule has 3 heterocycles. The van der Waals surface area contributed by atoms with E-state index >= 15 is 0 Å². The SMILES string of the molecule is O=[N+]([O-])c1cn2c(n1)OC[C@@H](OCC#Cc1ccc(C(F)(F)F)nc1)C2. The molecule has 26 heavy (non-hydrogen) atoms. The van der Waals surface area contributed by atoms with Crippen LogP contribution in [0.5, 0.6) is 6.01 Å². The van der Waals surface area contributed by atoms with Gasteiger partial charge in [-0.2, -0.15) is 13.2 Å². The van der Waals surface area contributed by atoms with Gasteiger partial charge in [0.25, 0.3) is 0 Å². The number of hydrogen-bond donors (Lipinski definition) is 0. The molecule has 1 atom stereocenters. The van der Waals surface area contributed by atoms with Crippen LogP contribution in [-0.4, -0.2) is 38.8 Å². The van der Waals surface area contributed by atoms with E-state index in [-0.39, 0.29) is 31.1 Å². The van der Waals surface area contributed by atoms with Gasteiger partial charge < -0.3 is 19.6 Å². The smallest absolute Gasteiger partial charge is 0.433 e. The zero-order valence-corrected chi connectivity index (χ0v) is 13.1. The Kier molecular flexibility index (Phi) is 4.77. The van der Waals surface area contributed by atoms with Gasteiger partial charge in [-0.05, 0) is 17.1 Å². The highest BCUT2D eigenvalue weighted by Crippen LogP contribution is 2.27. The Labute approximate surface area is 144 Å². The Morgan fingerprint density at radius 2 is 2.27 bits per heavy atom. The first-order valence-corrected chi connectivity index (χ1v) is 7.31. The van der Waals surface area contributed by atoms with Crippen molar-refractivity contribution in [2.24, 2.45) is 0 Å². The third-order valence-corrected chi connectivity index (χ3v) is 3.39. The number of nitrogens with zero attached hydrogens (tertiary/aromatic N) is 4. The first-order chi connectivity index (χ1) is 12.3. The van der Waals surface area contributed by atoms with Gasteiger partial charge in [0.05, 0.1) is 6.54 Å². The summed E-state index contributed by atoms with van der Waals surface area (Å²) in [5.41, 5.74) is -0.655. The number of ether oxygens (including phenoxy) is 2. The van der Waals surface area contributed by atoms with Crippen LogP contribution >= 0.6 is 0 Å². The van der Waals surface area contributed by atoms with E-state index in [0.717, 1.165) is 12.3 Å².